The maximum atomic E-state index is 12.8. The first-order valence-corrected chi connectivity index (χ1v) is 12.0. The Balaban J connectivity index is 1.99. The molecule has 1 aromatic carbocycles. The van der Waals surface area contributed by atoms with Crippen molar-refractivity contribution in [3.63, 3.8) is 0 Å². The molecule has 1 heterocycles. The van der Waals surface area contributed by atoms with Crippen molar-refractivity contribution in [3.05, 3.63) is 36.0 Å². The van der Waals surface area contributed by atoms with Gasteiger partial charge in [-0.1, -0.05) is 18.2 Å². The monoisotopic (exact) mass is 477 g/mol. The molecule has 3 amide bonds. The molecule has 33 heavy (non-hydrogen) atoms. The molecule has 1 aromatic heterocycles. The quantitative estimate of drug-likeness (QED) is 0.257. The molecule has 0 aliphatic rings. The molecule has 0 aliphatic heterocycles. The van der Waals surface area contributed by atoms with E-state index in [4.69, 9.17) is 10.8 Å². The predicted octanol–water partition coefficient (Wildman–Crippen LogP) is 0.370. The summed E-state index contributed by atoms with van der Waals surface area (Å²) >= 11 is 1.51. The van der Waals surface area contributed by atoms with Crippen LogP contribution in [0.5, 0.6) is 0 Å². The summed E-state index contributed by atoms with van der Waals surface area (Å²) in [5.74, 6) is -2.23. The second kappa shape index (κ2) is 12.3. The number of aromatic amines is 1. The highest BCUT2D eigenvalue weighted by atomic mass is 32.2. The van der Waals surface area contributed by atoms with Gasteiger partial charge in [-0.3, -0.25) is 19.2 Å². The van der Waals surface area contributed by atoms with Crippen molar-refractivity contribution in [1.29, 1.82) is 0 Å². The minimum absolute atomic E-state index is 0.290. The molecule has 180 valence electrons. The first kappa shape index (κ1) is 26.2. The fraction of sp³-hybridized carbons (Fsp3) is 0.455. The summed E-state index contributed by atoms with van der Waals surface area (Å²) in [4.78, 5) is 51.7. The molecule has 0 spiro atoms. The molecule has 4 unspecified atom stereocenters. The summed E-state index contributed by atoms with van der Waals surface area (Å²) in [5, 5.41) is 17.4. The van der Waals surface area contributed by atoms with Gasteiger partial charge in [0, 0.05) is 17.1 Å². The third-order valence-corrected chi connectivity index (χ3v) is 5.82. The number of carboxylic acids is 1. The van der Waals surface area contributed by atoms with Gasteiger partial charge < -0.3 is 31.8 Å². The Morgan fingerprint density at radius 3 is 2.36 bits per heavy atom. The van der Waals surface area contributed by atoms with Crippen LogP contribution in [0.15, 0.2) is 30.5 Å². The number of thioether (sulfide) groups is 1. The number of amides is 3. The van der Waals surface area contributed by atoms with E-state index in [1.165, 1.54) is 25.6 Å². The lowest BCUT2D eigenvalue weighted by Gasteiger charge is -2.23. The molecule has 0 aliphatic carbocycles. The molecule has 11 heteroatoms. The third kappa shape index (κ3) is 7.50. The summed E-state index contributed by atoms with van der Waals surface area (Å²) < 4.78 is 0. The minimum Gasteiger partial charge on any atom is -0.480 e. The lowest BCUT2D eigenvalue weighted by atomic mass is 10.0. The largest absolute Gasteiger partial charge is 0.480 e. The van der Waals surface area contributed by atoms with Crippen LogP contribution in [0.25, 0.3) is 10.9 Å². The van der Waals surface area contributed by atoms with Crippen molar-refractivity contribution in [3.8, 4) is 0 Å². The van der Waals surface area contributed by atoms with E-state index in [1.807, 2.05) is 36.7 Å². The number of para-hydroxylation sites is 1. The fourth-order valence-corrected chi connectivity index (χ4v) is 3.66. The number of fused-ring (bicyclic) bond motifs is 1. The first-order valence-electron chi connectivity index (χ1n) is 10.6. The number of aromatic nitrogens is 1. The first-order chi connectivity index (χ1) is 15.6. The molecular weight excluding hydrogens is 446 g/mol. The van der Waals surface area contributed by atoms with E-state index in [9.17, 15) is 19.2 Å². The van der Waals surface area contributed by atoms with Gasteiger partial charge >= 0.3 is 5.97 Å². The van der Waals surface area contributed by atoms with Crippen molar-refractivity contribution in [1.82, 2.24) is 20.9 Å². The summed E-state index contributed by atoms with van der Waals surface area (Å²) in [6, 6.07) is 3.87. The summed E-state index contributed by atoms with van der Waals surface area (Å²) in [6.07, 6.45) is 4.33. The SMILES string of the molecule is CSCCC(NC(=O)C(N)Cc1c[nH]c2ccccc12)C(=O)NC(C)C(=O)NC(C)C(=O)O. The van der Waals surface area contributed by atoms with Gasteiger partial charge in [-0.05, 0) is 50.3 Å². The zero-order chi connectivity index (χ0) is 24.5. The van der Waals surface area contributed by atoms with Crippen LogP contribution < -0.4 is 21.7 Å². The lowest BCUT2D eigenvalue weighted by molar-refractivity contribution is -0.141. The standard InChI is InChI=1S/C22H31N5O5S/c1-12(19(28)26-13(2)22(31)32)25-21(30)18(8-9-33-3)27-20(29)16(23)10-14-11-24-17-7-5-4-6-15(14)17/h4-7,11-13,16,18,24H,8-10,23H2,1-3H3,(H,25,30)(H,26,28)(H,27,29)(H,31,32). The van der Waals surface area contributed by atoms with Crippen molar-refractivity contribution in [2.45, 2.75) is 50.9 Å². The smallest absolute Gasteiger partial charge is 0.325 e. The fourth-order valence-electron chi connectivity index (χ4n) is 3.19. The molecule has 0 fully saturated rings. The van der Waals surface area contributed by atoms with Crippen LogP contribution in [-0.2, 0) is 25.6 Å². The number of nitrogens with one attached hydrogen (secondary N) is 4. The number of carbonyl (C=O) groups excluding carboxylic acids is 3. The summed E-state index contributed by atoms with van der Waals surface area (Å²) in [6.45, 7) is 2.77. The Morgan fingerprint density at radius 1 is 1.03 bits per heavy atom. The van der Waals surface area contributed by atoms with Gasteiger partial charge in [-0.25, -0.2) is 0 Å². The Hall–Kier alpha value is -3.05. The van der Waals surface area contributed by atoms with E-state index in [1.54, 1.807) is 0 Å². The van der Waals surface area contributed by atoms with Gasteiger partial charge in [0.15, 0.2) is 0 Å². The third-order valence-electron chi connectivity index (χ3n) is 5.18. The number of hydrogen-bond donors (Lipinski definition) is 6. The second-order valence-corrected chi connectivity index (χ2v) is 8.80. The highest BCUT2D eigenvalue weighted by Gasteiger charge is 2.27. The maximum absolute atomic E-state index is 12.8. The van der Waals surface area contributed by atoms with E-state index in [2.05, 4.69) is 20.9 Å². The zero-order valence-corrected chi connectivity index (χ0v) is 19.7. The molecule has 10 nitrogen and oxygen atoms in total. The number of nitrogens with two attached hydrogens (primary N) is 1. The number of rotatable bonds is 12. The van der Waals surface area contributed by atoms with Crippen LogP contribution in [0, 0.1) is 0 Å². The average molecular weight is 478 g/mol. The van der Waals surface area contributed by atoms with Gasteiger partial charge in [0.05, 0.1) is 6.04 Å². The van der Waals surface area contributed by atoms with Crippen molar-refractivity contribution >= 4 is 46.4 Å². The van der Waals surface area contributed by atoms with E-state index in [0.717, 1.165) is 16.5 Å². The number of carbonyl (C=O) groups is 4. The van der Waals surface area contributed by atoms with Gasteiger partial charge in [0.2, 0.25) is 17.7 Å². The number of aliphatic carboxylic acids is 1. The molecule has 0 radical (unpaired) electrons. The molecule has 0 bridgehead atoms. The number of H-pyrrole nitrogens is 1. The van der Waals surface area contributed by atoms with E-state index >= 15 is 0 Å². The van der Waals surface area contributed by atoms with Gasteiger partial charge in [-0.15, -0.1) is 0 Å². The molecule has 2 rings (SSSR count). The van der Waals surface area contributed by atoms with Crippen LogP contribution in [0.2, 0.25) is 0 Å². The maximum Gasteiger partial charge on any atom is 0.325 e. The van der Waals surface area contributed by atoms with Gasteiger partial charge in [0.1, 0.15) is 18.1 Å². The average Bonchev–Trinajstić information content (AvgIpc) is 3.18. The minimum atomic E-state index is -1.18. The van der Waals surface area contributed by atoms with Crippen molar-refractivity contribution in [2.24, 2.45) is 5.73 Å². The van der Waals surface area contributed by atoms with Crippen molar-refractivity contribution < 1.29 is 24.3 Å². The lowest BCUT2D eigenvalue weighted by Crippen LogP contribution is -2.56. The van der Waals surface area contributed by atoms with Crippen LogP contribution in [-0.4, -0.2) is 70.0 Å². The van der Waals surface area contributed by atoms with Crippen LogP contribution in [0.4, 0.5) is 0 Å². The second-order valence-electron chi connectivity index (χ2n) is 7.81. The molecule has 0 saturated carbocycles. The Morgan fingerprint density at radius 2 is 1.70 bits per heavy atom. The zero-order valence-electron chi connectivity index (χ0n) is 18.9. The molecular formula is C22H31N5O5S. The Bertz CT molecular complexity index is 994. The van der Waals surface area contributed by atoms with E-state index in [-0.39, 0.29) is 0 Å². The van der Waals surface area contributed by atoms with Crippen molar-refractivity contribution in [2.75, 3.05) is 12.0 Å². The van der Waals surface area contributed by atoms with Crippen LogP contribution in [0.1, 0.15) is 25.8 Å². The van der Waals surface area contributed by atoms with E-state index < -0.39 is 47.9 Å². The molecule has 4 atom stereocenters. The van der Waals surface area contributed by atoms with Gasteiger partial charge in [0.25, 0.3) is 0 Å². The topological polar surface area (TPSA) is 166 Å². The summed E-state index contributed by atoms with van der Waals surface area (Å²) in [7, 11) is 0. The number of hydrogen-bond acceptors (Lipinski definition) is 6. The molecule has 0 saturated heterocycles. The Labute approximate surface area is 196 Å². The Kier molecular flexibility index (Phi) is 9.74. The molecule has 2 aromatic rings. The normalized spacial score (nSPS) is 14.7. The molecule has 7 N–H and O–H groups in total. The van der Waals surface area contributed by atoms with Crippen LogP contribution in [0.3, 0.4) is 0 Å². The highest BCUT2D eigenvalue weighted by molar-refractivity contribution is 7.98. The van der Waals surface area contributed by atoms with Crippen LogP contribution >= 0.6 is 11.8 Å². The predicted molar refractivity (Wildman–Crippen MR) is 128 cm³/mol. The number of benzene rings is 1. The highest BCUT2D eigenvalue weighted by Crippen LogP contribution is 2.18. The number of carboxylic acid groups (broad SMARTS) is 1. The summed E-state index contributed by atoms with van der Waals surface area (Å²) in [5.41, 5.74) is 7.97. The van der Waals surface area contributed by atoms with E-state index in [0.29, 0.717) is 18.6 Å². The van der Waals surface area contributed by atoms with Gasteiger partial charge in [-0.2, -0.15) is 11.8 Å².